The van der Waals surface area contributed by atoms with Crippen LogP contribution in [0.2, 0.25) is 0 Å². The zero-order valence-corrected chi connectivity index (χ0v) is 18.2. The first-order valence-corrected chi connectivity index (χ1v) is 11.0. The Balaban J connectivity index is 1.27. The first-order chi connectivity index (χ1) is 16.1. The average molecular weight is 480 g/mol. The maximum Gasteiger partial charge on any atom is 0.573 e. The molecule has 10 heteroatoms. The maximum absolute atomic E-state index is 13.2. The van der Waals surface area contributed by atoms with Crippen molar-refractivity contribution in [2.45, 2.75) is 51.1 Å². The second-order valence-electron chi connectivity index (χ2n) is 8.61. The van der Waals surface area contributed by atoms with Crippen molar-refractivity contribution in [3.05, 3.63) is 59.9 Å². The quantitative estimate of drug-likeness (QED) is 0.589. The van der Waals surface area contributed by atoms with Crippen molar-refractivity contribution >= 4 is 17.7 Å². The Morgan fingerprint density at radius 2 is 1.68 bits per heavy atom. The summed E-state index contributed by atoms with van der Waals surface area (Å²) >= 11 is 0. The molecule has 1 aliphatic heterocycles. The van der Waals surface area contributed by atoms with Crippen molar-refractivity contribution < 1.29 is 36.6 Å². The highest BCUT2D eigenvalue weighted by Gasteiger charge is 2.49. The number of carbonyl (C=O) groups excluding carboxylic acids is 2. The predicted molar refractivity (Wildman–Crippen MR) is 115 cm³/mol. The summed E-state index contributed by atoms with van der Waals surface area (Å²) in [5.74, 6) is -0.751. The van der Waals surface area contributed by atoms with Crippen LogP contribution in [0.15, 0.2) is 48.5 Å². The van der Waals surface area contributed by atoms with Crippen LogP contribution in [0.25, 0.3) is 0 Å². The maximum atomic E-state index is 13.2. The zero-order chi connectivity index (χ0) is 24.3. The number of halogens is 4. The van der Waals surface area contributed by atoms with E-state index in [4.69, 9.17) is 4.74 Å². The van der Waals surface area contributed by atoms with Crippen LogP contribution in [-0.2, 0) is 16.1 Å². The van der Waals surface area contributed by atoms with Gasteiger partial charge in [-0.1, -0.05) is 12.1 Å². The fourth-order valence-corrected chi connectivity index (χ4v) is 4.59. The topological polar surface area (TPSA) is 67.9 Å². The van der Waals surface area contributed by atoms with Gasteiger partial charge in [0.15, 0.2) is 0 Å². The Morgan fingerprint density at radius 1 is 1.03 bits per heavy atom. The third-order valence-electron chi connectivity index (χ3n) is 6.41. The van der Waals surface area contributed by atoms with E-state index in [2.05, 4.69) is 10.1 Å². The van der Waals surface area contributed by atoms with Crippen molar-refractivity contribution in [1.29, 1.82) is 0 Å². The molecule has 4 rings (SSSR count). The fraction of sp³-hybridized carbons (Fsp3) is 0.417. The average Bonchev–Trinajstić information content (AvgIpc) is 3.10. The van der Waals surface area contributed by atoms with Gasteiger partial charge in [0.1, 0.15) is 17.7 Å². The number of ether oxygens (including phenoxy) is 2. The number of nitrogens with one attached hydrogen (secondary N) is 1. The molecular formula is C24H24F4N2O4. The summed E-state index contributed by atoms with van der Waals surface area (Å²) in [5, 5.41) is 2.64. The van der Waals surface area contributed by atoms with E-state index in [0.29, 0.717) is 44.3 Å². The third kappa shape index (κ3) is 5.60. The molecule has 1 spiro atoms. The van der Waals surface area contributed by atoms with Crippen LogP contribution in [0.3, 0.4) is 0 Å². The molecule has 182 valence electrons. The van der Waals surface area contributed by atoms with Gasteiger partial charge in [0, 0.05) is 18.8 Å². The Labute approximate surface area is 193 Å². The van der Waals surface area contributed by atoms with E-state index >= 15 is 0 Å². The molecule has 0 aromatic heterocycles. The van der Waals surface area contributed by atoms with Gasteiger partial charge in [-0.05, 0) is 74.1 Å². The number of alkyl carbamates (subject to hydrolysis) is 1. The number of anilines is 1. The van der Waals surface area contributed by atoms with Gasteiger partial charge in [-0.2, -0.15) is 0 Å². The van der Waals surface area contributed by atoms with E-state index in [9.17, 15) is 27.2 Å². The number of hydrogen-bond donors (Lipinski definition) is 1. The highest BCUT2D eigenvalue weighted by Crippen LogP contribution is 2.46. The van der Waals surface area contributed by atoms with Crippen LogP contribution in [-0.4, -0.2) is 31.0 Å². The molecule has 1 heterocycles. The second kappa shape index (κ2) is 9.52. The van der Waals surface area contributed by atoms with E-state index in [0.717, 1.165) is 5.56 Å². The van der Waals surface area contributed by atoms with Gasteiger partial charge < -0.3 is 19.7 Å². The van der Waals surface area contributed by atoms with Crippen LogP contribution in [0.4, 0.5) is 28.0 Å². The number of carbonyl (C=O) groups is 2. The summed E-state index contributed by atoms with van der Waals surface area (Å²) < 4.78 is 59.4. The Morgan fingerprint density at radius 3 is 2.29 bits per heavy atom. The van der Waals surface area contributed by atoms with Crippen LogP contribution in [0.5, 0.6) is 5.75 Å². The first kappa shape index (κ1) is 23.8. The Bertz CT molecular complexity index is 1020. The summed E-state index contributed by atoms with van der Waals surface area (Å²) in [4.78, 5) is 26.9. The van der Waals surface area contributed by atoms with Gasteiger partial charge in [0.2, 0.25) is 5.91 Å². The van der Waals surface area contributed by atoms with E-state index in [-0.39, 0.29) is 30.1 Å². The SMILES string of the molecule is O=C(NCc1ccc(F)cc1)OC1CCC2(CC1)CCN(c1ccc(OC(F)(F)F)cc1)C2=O. The number of alkyl halides is 3. The molecule has 1 aliphatic carbocycles. The number of rotatable bonds is 5. The number of benzene rings is 2. The molecule has 1 saturated heterocycles. The van der Waals surface area contributed by atoms with Crippen LogP contribution >= 0.6 is 0 Å². The lowest BCUT2D eigenvalue weighted by Crippen LogP contribution is -2.40. The molecule has 1 saturated carbocycles. The van der Waals surface area contributed by atoms with Gasteiger partial charge >= 0.3 is 12.5 Å². The number of nitrogens with zero attached hydrogens (tertiary/aromatic N) is 1. The lowest BCUT2D eigenvalue weighted by molar-refractivity contribution is -0.274. The molecule has 0 radical (unpaired) electrons. The van der Waals surface area contributed by atoms with Gasteiger partial charge in [0.25, 0.3) is 0 Å². The molecule has 34 heavy (non-hydrogen) atoms. The van der Waals surface area contributed by atoms with E-state index in [1.165, 1.54) is 36.4 Å². The van der Waals surface area contributed by atoms with Crippen molar-refractivity contribution in [1.82, 2.24) is 5.32 Å². The summed E-state index contributed by atoms with van der Waals surface area (Å²) in [6.07, 6.45) is -2.79. The molecule has 6 nitrogen and oxygen atoms in total. The van der Waals surface area contributed by atoms with E-state index in [1.807, 2.05) is 0 Å². The predicted octanol–water partition coefficient (Wildman–Crippen LogP) is 5.32. The summed E-state index contributed by atoms with van der Waals surface area (Å²) in [5.41, 5.74) is 0.719. The van der Waals surface area contributed by atoms with Crippen LogP contribution in [0.1, 0.15) is 37.7 Å². The second-order valence-corrected chi connectivity index (χ2v) is 8.61. The third-order valence-corrected chi connectivity index (χ3v) is 6.41. The molecule has 1 N–H and O–H groups in total. The molecule has 2 amide bonds. The van der Waals surface area contributed by atoms with Gasteiger partial charge in [-0.3, -0.25) is 4.79 Å². The lowest BCUT2D eigenvalue weighted by atomic mass is 9.72. The van der Waals surface area contributed by atoms with Crippen LogP contribution < -0.4 is 15.0 Å². The van der Waals surface area contributed by atoms with Gasteiger partial charge in [0.05, 0.1) is 5.41 Å². The highest BCUT2D eigenvalue weighted by atomic mass is 19.4. The van der Waals surface area contributed by atoms with E-state index < -0.39 is 17.9 Å². The first-order valence-electron chi connectivity index (χ1n) is 11.0. The normalized spacial score (nSPS) is 22.6. The molecule has 2 aromatic carbocycles. The molecule has 0 atom stereocenters. The highest BCUT2D eigenvalue weighted by molar-refractivity contribution is 6.00. The van der Waals surface area contributed by atoms with Gasteiger partial charge in [-0.15, -0.1) is 13.2 Å². The summed E-state index contributed by atoms with van der Waals surface area (Å²) in [6, 6.07) is 11.1. The smallest absolute Gasteiger partial charge is 0.446 e. The number of amides is 2. The minimum Gasteiger partial charge on any atom is -0.446 e. The van der Waals surface area contributed by atoms with Crippen molar-refractivity contribution in [2.75, 3.05) is 11.4 Å². The largest absolute Gasteiger partial charge is 0.573 e. The van der Waals surface area contributed by atoms with Crippen molar-refractivity contribution in [2.24, 2.45) is 5.41 Å². The lowest BCUT2D eigenvalue weighted by Gasteiger charge is -2.35. The zero-order valence-electron chi connectivity index (χ0n) is 18.2. The molecular weight excluding hydrogens is 456 g/mol. The van der Waals surface area contributed by atoms with Crippen molar-refractivity contribution in [3.8, 4) is 5.75 Å². The van der Waals surface area contributed by atoms with Gasteiger partial charge in [-0.25, -0.2) is 9.18 Å². The molecule has 0 bridgehead atoms. The number of hydrogen-bond acceptors (Lipinski definition) is 4. The van der Waals surface area contributed by atoms with Crippen molar-refractivity contribution in [3.63, 3.8) is 0 Å². The monoisotopic (exact) mass is 480 g/mol. The molecule has 2 fully saturated rings. The summed E-state index contributed by atoms with van der Waals surface area (Å²) in [7, 11) is 0. The van der Waals surface area contributed by atoms with Crippen LogP contribution in [0, 0.1) is 11.2 Å². The van der Waals surface area contributed by atoms with E-state index in [1.54, 1.807) is 17.0 Å². The minimum absolute atomic E-state index is 0.0591. The standard InChI is InChI=1S/C24H24F4N2O4/c25-17-3-1-16(2-4-17)15-29-22(32)33-19-9-11-23(12-10-19)13-14-30(21(23)31)18-5-7-20(8-6-18)34-24(26,27)28/h1-8,19H,9-15H2,(H,29,32). The Kier molecular flexibility index (Phi) is 6.67. The Hall–Kier alpha value is -3.30. The molecule has 0 unspecified atom stereocenters. The molecule has 2 aromatic rings. The summed E-state index contributed by atoms with van der Waals surface area (Å²) in [6.45, 7) is 0.692. The minimum atomic E-state index is -4.77. The fourth-order valence-electron chi connectivity index (χ4n) is 4.59. The molecule has 2 aliphatic rings.